The summed E-state index contributed by atoms with van der Waals surface area (Å²) in [7, 11) is 0. The SMILES string of the molecule is CCC(C)(C)C1CCC(C)(C)C(=O)O1. The molecule has 1 unspecified atom stereocenters. The van der Waals surface area contributed by atoms with E-state index in [4.69, 9.17) is 4.74 Å². The van der Waals surface area contributed by atoms with E-state index in [2.05, 4.69) is 20.8 Å². The Kier molecular flexibility index (Phi) is 2.93. The monoisotopic (exact) mass is 198 g/mol. The molecule has 0 aromatic carbocycles. The first-order valence-electron chi connectivity index (χ1n) is 5.51. The van der Waals surface area contributed by atoms with Gasteiger partial charge in [-0.05, 0) is 33.1 Å². The highest BCUT2D eigenvalue weighted by atomic mass is 16.5. The molecule has 1 rings (SSSR count). The summed E-state index contributed by atoms with van der Waals surface area (Å²) in [4.78, 5) is 11.7. The second-order valence-electron chi connectivity index (χ2n) is 5.66. The smallest absolute Gasteiger partial charge is 0.311 e. The highest BCUT2D eigenvalue weighted by Crippen LogP contribution is 2.39. The van der Waals surface area contributed by atoms with Gasteiger partial charge in [-0.1, -0.05) is 20.8 Å². The summed E-state index contributed by atoms with van der Waals surface area (Å²) >= 11 is 0. The molecule has 0 aliphatic carbocycles. The molecule has 0 amide bonds. The van der Waals surface area contributed by atoms with Crippen molar-refractivity contribution in [2.75, 3.05) is 0 Å². The van der Waals surface area contributed by atoms with Gasteiger partial charge in [0.05, 0.1) is 5.41 Å². The summed E-state index contributed by atoms with van der Waals surface area (Å²) < 4.78 is 5.52. The van der Waals surface area contributed by atoms with E-state index < -0.39 is 0 Å². The average molecular weight is 198 g/mol. The van der Waals surface area contributed by atoms with Crippen molar-refractivity contribution < 1.29 is 9.53 Å². The first kappa shape index (κ1) is 11.5. The van der Waals surface area contributed by atoms with Crippen LogP contribution in [0.15, 0.2) is 0 Å². The molecule has 2 nitrogen and oxygen atoms in total. The minimum Gasteiger partial charge on any atom is -0.461 e. The normalized spacial score (nSPS) is 27.2. The van der Waals surface area contributed by atoms with Crippen molar-refractivity contribution >= 4 is 5.97 Å². The lowest BCUT2D eigenvalue weighted by Crippen LogP contribution is -2.43. The molecule has 2 heteroatoms. The first-order chi connectivity index (χ1) is 6.29. The Morgan fingerprint density at radius 1 is 1.50 bits per heavy atom. The number of cyclic esters (lactones) is 1. The predicted molar refractivity (Wildman–Crippen MR) is 57.0 cm³/mol. The lowest BCUT2D eigenvalue weighted by Gasteiger charge is -2.40. The molecule has 1 fully saturated rings. The quantitative estimate of drug-likeness (QED) is 0.637. The first-order valence-corrected chi connectivity index (χ1v) is 5.51. The van der Waals surface area contributed by atoms with Gasteiger partial charge in [0.15, 0.2) is 0 Å². The van der Waals surface area contributed by atoms with Crippen LogP contribution in [0.25, 0.3) is 0 Å². The van der Waals surface area contributed by atoms with Crippen molar-refractivity contribution in [3.8, 4) is 0 Å². The summed E-state index contributed by atoms with van der Waals surface area (Å²) in [5, 5.41) is 0. The van der Waals surface area contributed by atoms with Crippen molar-refractivity contribution in [2.45, 2.75) is 60.0 Å². The predicted octanol–water partition coefficient (Wildman–Crippen LogP) is 3.15. The van der Waals surface area contributed by atoms with Crippen molar-refractivity contribution in [3.05, 3.63) is 0 Å². The molecule has 0 spiro atoms. The van der Waals surface area contributed by atoms with Gasteiger partial charge in [-0.2, -0.15) is 0 Å². The standard InChI is InChI=1S/C12H22O2/c1-6-11(2,3)9-7-8-12(4,5)10(13)14-9/h9H,6-8H2,1-5H3. The van der Waals surface area contributed by atoms with Crippen LogP contribution in [0, 0.1) is 10.8 Å². The topological polar surface area (TPSA) is 26.3 Å². The van der Waals surface area contributed by atoms with E-state index in [-0.39, 0.29) is 22.9 Å². The van der Waals surface area contributed by atoms with Gasteiger partial charge in [0.2, 0.25) is 0 Å². The van der Waals surface area contributed by atoms with Gasteiger partial charge in [-0.25, -0.2) is 0 Å². The van der Waals surface area contributed by atoms with Crippen molar-refractivity contribution in [3.63, 3.8) is 0 Å². The Labute approximate surface area is 87.0 Å². The second-order valence-corrected chi connectivity index (χ2v) is 5.66. The number of carbonyl (C=O) groups is 1. The molecule has 0 N–H and O–H groups in total. The van der Waals surface area contributed by atoms with Crippen LogP contribution >= 0.6 is 0 Å². The Morgan fingerprint density at radius 3 is 2.50 bits per heavy atom. The second kappa shape index (κ2) is 3.56. The summed E-state index contributed by atoms with van der Waals surface area (Å²) in [6.07, 6.45) is 3.10. The lowest BCUT2D eigenvalue weighted by atomic mass is 9.75. The van der Waals surface area contributed by atoms with Crippen molar-refractivity contribution in [1.82, 2.24) is 0 Å². The molecule has 1 saturated heterocycles. The zero-order valence-electron chi connectivity index (χ0n) is 10.0. The van der Waals surface area contributed by atoms with Crippen LogP contribution < -0.4 is 0 Å². The van der Waals surface area contributed by atoms with Crippen LogP contribution in [0.1, 0.15) is 53.9 Å². The molecule has 0 aromatic heterocycles. The molecule has 14 heavy (non-hydrogen) atoms. The Bertz CT molecular complexity index is 228. The lowest BCUT2D eigenvalue weighted by molar-refractivity contribution is -0.176. The summed E-state index contributed by atoms with van der Waals surface area (Å²) in [6, 6.07) is 0. The largest absolute Gasteiger partial charge is 0.461 e. The van der Waals surface area contributed by atoms with Crippen LogP contribution in [0.3, 0.4) is 0 Å². The van der Waals surface area contributed by atoms with E-state index in [0.29, 0.717) is 0 Å². The Balaban J connectivity index is 2.68. The Hall–Kier alpha value is -0.530. The molecular formula is C12H22O2. The van der Waals surface area contributed by atoms with Crippen molar-refractivity contribution in [1.29, 1.82) is 0 Å². The van der Waals surface area contributed by atoms with Gasteiger partial charge < -0.3 is 4.74 Å². The molecule has 0 bridgehead atoms. The highest BCUT2D eigenvalue weighted by molar-refractivity contribution is 5.76. The molecule has 1 atom stereocenters. The third-order valence-electron chi connectivity index (χ3n) is 3.62. The fourth-order valence-corrected chi connectivity index (χ4v) is 1.72. The fraction of sp³-hybridized carbons (Fsp3) is 0.917. The zero-order chi connectivity index (χ0) is 11.0. The summed E-state index contributed by atoms with van der Waals surface area (Å²) in [5.41, 5.74) is -0.160. The number of ether oxygens (including phenoxy) is 1. The fourth-order valence-electron chi connectivity index (χ4n) is 1.72. The van der Waals surface area contributed by atoms with E-state index in [9.17, 15) is 4.79 Å². The van der Waals surface area contributed by atoms with Crippen LogP contribution in [0.2, 0.25) is 0 Å². The van der Waals surface area contributed by atoms with Gasteiger partial charge in [-0.15, -0.1) is 0 Å². The van der Waals surface area contributed by atoms with E-state index in [1.165, 1.54) is 0 Å². The van der Waals surface area contributed by atoms with E-state index in [1.54, 1.807) is 0 Å². The van der Waals surface area contributed by atoms with Crippen molar-refractivity contribution in [2.24, 2.45) is 10.8 Å². The number of hydrogen-bond acceptors (Lipinski definition) is 2. The maximum Gasteiger partial charge on any atom is 0.311 e. The van der Waals surface area contributed by atoms with E-state index >= 15 is 0 Å². The van der Waals surface area contributed by atoms with Gasteiger partial charge in [-0.3, -0.25) is 4.79 Å². The zero-order valence-corrected chi connectivity index (χ0v) is 10.0. The third-order valence-corrected chi connectivity index (χ3v) is 3.62. The molecule has 0 aromatic rings. The molecule has 0 radical (unpaired) electrons. The molecule has 1 aliphatic heterocycles. The highest BCUT2D eigenvalue weighted by Gasteiger charge is 2.41. The van der Waals surface area contributed by atoms with Crippen LogP contribution in [0.4, 0.5) is 0 Å². The molecule has 1 aliphatic rings. The summed E-state index contributed by atoms with van der Waals surface area (Å²) in [6.45, 7) is 10.4. The van der Waals surface area contributed by atoms with Gasteiger partial charge >= 0.3 is 5.97 Å². The van der Waals surface area contributed by atoms with Crippen LogP contribution in [-0.2, 0) is 9.53 Å². The Morgan fingerprint density at radius 2 is 2.07 bits per heavy atom. The van der Waals surface area contributed by atoms with Gasteiger partial charge in [0.1, 0.15) is 6.10 Å². The minimum absolute atomic E-state index is 0.0322. The maximum absolute atomic E-state index is 11.7. The molecule has 82 valence electrons. The maximum atomic E-state index is 11.7. The molecule has 0 saturated carbocycles. The van der Waals surface area contributed by atoms with Gasteiger partial charge in [0.25, 0.3) is 0 Å². The number of hydrogen-bond donors (Lipinski definition) is 0. The number of rotatable bonds is 2. The molecular weight excluding hydrogens is 176 g/mol. The van der Waals surface area contributed by atoms with Crippen LogP contribution in [0.5, 0.6) is 0 Å². The summed E-state index contributed by atoms with van der Waals surface area (Å²) in [5.74, 6) is -0.0322. The van der Waals surface area contributed by atoms with E-state index in [1.807, 2.05) is 13.8 Å². The third kappa shape index (κ3) is 2.10. The van der Waals surface area contributed by atoms with Gasteiger partial charge in [0, 0.05) is 5.41 Å². The number of esters is 1. The molecule has 1 heterocycles. The number of carbonyl (C=O) groups excluding carboxylic acids is 1. The van der Waals surface area contributed by atoms with E-state index in [0.717, 1.165) is 19.3 Å². The van der Waals surface area contributed by atoms with Crippen LogP contribution in [-0.4, -0.2) is 12.1 Å². The minimum atomic E-state index is -0.277. The average Bonchev–Trinajstić information content (AvgIpc) is 2.09.